The molecule has 94 valence electrons. The maximum absolute atomic E-state index is 11.7. The highest BCUT2D eigenvalue weighted by molar-refractivity contribution is 5.23. The highest BCUT2D eigenvalue weighted by Gasteiger charge is 2.33. The molecule has 1 fully saturated rings. The molecule has 0 spiro atoms. The molecule has 1 saturated carbocycles. The molecule has 1 heterocycles. The zero-order chi connectivity index (χ0) is 12.6. The van der Waals surface area contributed by atoms with Gasteiger partial charge in [0.1, 0.15) is 0 Å². The van der Waals surface area contributed by atoms with Crippen LogP contribution in [0.5, 0.6) is 5.88 Å². The van der Waals surface area contributed by atoms with Crippen LogP contribution in [0.2, 0.25) is 0 Å². The number of hydrogen-bond donors (Lipinski definition) is 2. The summed E-state index contributed by atoms with van der Waals surface area (Å²) >= 11 is 0. The number of nitrogens with zero attached hydrogens (tertiary/aromatic N) is 1. The van der Waals surface area contributed by atoms with Crippen molar-refractivity contribution in [3.8, 4) is 5.88 Å². The van der Waals surface area contributed by atoms with Gasteiger partial charge in [-0.2, -0.15) is 0 Å². The van der Waals surface area contributed by atoms with Crippen LogP contribution in [0, 0.1) is 0 Å². The van der Waals surface area contributed by atoms with E-state index in [-0.39, 0.29) is 23.6 Å². The van der Waals surface area contributed by atoms with Crippen LogP contribution in [0.4, 0.5) is 0 Å². The van der Waals surface area contributed by atoms with Gasteiger partial charge in [-0.1, -0.05) is 6.92 Å². The van der Waals surface area contributed by atoms with Crippen molar-refractivity contribution in [2.24, 2.45) is 0 Å². The van der Waals surface area contributed by atoms with Crippen LogP contribution < -0.4 is 11.2 Å². The van der Waals surface area contributed by atoms with Crippen LogP contribution in [0.25, 0.3) is 0 Å². The Morgan fingerprint density at radius 2 is 2.12 bits per heavy atom. The second-order valence-electron chi connectivity index (χ2n) is 4.27. The van der Waals surface area contributed by atoms with E-state index in [0.717, 1.165) is 0 Å². The van der Waals surface area contributed by atoms with Crippen molar-refractivity contribution < 1.29 is 9.84 Å². The van der Waals surface area contributed by atoms with Crippen LogP contribution in [0.1, 0.15) is 31.4 Å². The number of rotatable bonds is 3. The fourth-order valence-electron chi connectivity index (χ4n) is 2.17. The van der Waals surface area contributed by atoms with E-state index in [2.05, 4.69) is 4.98 Å². The normalized spacial score (nSPS) is 23.4. The number of aromatic amines is 1. The maximum Gasteiger partial charge on any atom is 0.331 e. The van der Waals surface area contributed by atoms with Crippen molar-refractivity contribution >= 4 is 0 Å². The molecule has 17 heavy (non-hydrogen) atoms. The number of methoxy groups -OCH3 is 1. The third-order valence-electron chi connectivity index (χ3n) is 3.33. The van der Waals surface area contributed by atoms with E-state index in [1.54, 1.807) is 14.0 Å². The van der Waals surface area contributed by atoms with Gasteiger partial charge in [0.25, 0.3) is 5.56 Å². The number of H-pyrrole nitrogens is 1. The van der Waals surface area contributed by atoms with Crippen LogP contribution in [-0.4, -0.2) is 27.9 Å². The molecule has 2 rings (SSSR count). The largest absolute Gasteiger partial charge is 0.494 e. The standard InChI is InChI=1S/C11H16N2O4/c1-3-8-9(14)12-11(16)13(10(8)15)6-4-7(5-6)17-2/h6-7,15H,3-5H2,1-2H3,(H,12,14,16). The molecule has 1 aromatic heterocycles. The molecule has 0 amide bonds. The van der Waals surface area contributed by atoms with Gasteiger partial charge in [-0.05, 0) is 19.3 Å². The molecule has 0 bridgehead atoms. The van der Waals surface area contributed by atoms with E-state index in [1.165, 1.54) is 4.57 Å². The number of aromatic hydroxyl groups is 1. The molecule has 6 nitrogen and oxygen atoms in total. The molecule has 0 atom stereocenters. The van der Waals surface area contributed by atoms with Gasteiger partial charge in [-0.3, -0.25) is 14.3 Å². The zero-order valence-corrected chi connectivity index (χ0v) is 9.90. The highest BCUT2D eigenvalue weighted by atomic mass is 16.5. The second kappa shape index (κ2) is 4.37. The first-order chi connectivity index (χ1) is 8.08. The Morgan fingerprint density at radius 1 is 1.47 bits per heavy atom. The first-order valence-corrected chi connectivity index (χ1v) is 5.67. The van der Waals surface area contributed by atoms with Gasteiger partial charge in [0, 0.05) is 13.2 Å². The van der Waals surface area contributed by atoms with Crippen molar-refractivity contribution in [2.75, 3.05) is 7.11 Å². The van der Waals surface area contributed by atoms with Crippen LogP contribution in [0.3, 0.4) is 0 Å². The van der Waals surface area contributed by atoms with Crippen LogP contribution in [-0.2, 0) is 11.2 Å². The SMILES string of the molecule is CCc1c(O)n(C2CC(OC)C2)c(=O)[nH]c1=O. The molecule has 0 radical (unpaired) electrons. The average Bonchev–Trinajstić information content (AvgIpc) is 2.21. The minimum absolute atomic E-state index is 0.0883. The monoisotopic (exact) mass is 240 g/mol. The van der Waals surface area contributed by atoms with Crippen LogP contribution >= 0.6 is 0 Å². The lowest BCUT2D eigenvalue weighted by atomic mass is 9.89. The number of hydrogen-bond acceptors (Lipinski definition) is 4. The summed E-state index contributed by atoms with van der Waals surface area (Å²) in [7, 11) is 1.62. The predicted octanol–water partition coefficient (Wildman–Crippen LogP) is 0.154. The van der Waals surface area contributed by atoms with Crippen molar-refractivity contribution in [3.63, 3.8) is 0 Å². The lowest BCUT2D eigenvalue weighted by Gasteiger charge is -2.35. The van der Waals surface area contributed by atoms with E-state index in [1.807, 2.05) is 0 Å². The lowest BCUT2D eigenvalue weighted by Crippen LogP contribution is -2.41. The molecule has 0 unspecified atom stereocenters. The van der Waals surface area contributed by atoms with Gasteiger partial charge in [0.15, 0.2) is 0 Å². The lowest BCUT2D eigenvalue weighted by molar-refractivity contribution is 0.00255. The first kappa shape index (κ1) is 11.9. The highest BCUT2D eigenvalue weighted by Crippen LogP contribution is 2.35. The number of aromatic nitrogens is 2. The van der Waals surface area contributed by atoms with Crippen molar-refractivity contribution in [3.05, 3.63) is 26.4 Å². The summed E-state index contributed by atoms with van der Waals surface area (Å²) in [6.45, 7) is 1.76. The van der Waals surface area contributed by atoms with Gasteiger partial charge < -0.3 is 9.84 Å². The van der Waals surface area contributed by atoms with Crippen LogP contribution in [0.15, 0.2) is 9.59 Å². The fraction of sp³-hybridized carbons (Fsp3) is 0.636. The first-order valence-electron chi connectivity index (χ1n) is 5.67. The average molecular weight is 240 g/mol. The summed E-state index contributed by atoms with van der Waals surface area (Å²) in [5, 5.41) is 9.95. The second-order valence-corrected chi connectivity index (χ2v) is 4.27. The molecule has 1 aromatic rings. The van der Waals surface area contributed by atoms with E-state index in [9.17, 15) is 14.7 Å². The molecule has 0 aromatic carbocycles. The summed E-state index contributed by atoms with van der Waals surface area (Å²) in [6, 6.07) is -0.0883. The van der Waals surface area contributed by atoms with E-state index < -0.39 is 11.2 Å². The van der Waals surface area contributed by atoms with Gasteiger partial charge in [0.2, 0.25) is 5.88 Å². The minimum Gasteiger partial charge on any atom is -0.494 e. The molecule has 1 aliphatic carbocycles. The van der Waals surface area contributed by atoms with Gasteiger partial charge in [0.05, 0.1) is 11.7 Å². The minimum atomic E-state index is -0.552. The van der Waals surface area contributed by atoms with Gasteiger partial charge >= 0.3 is 5.69 Å². The molecule has 2 N–H and O–H groups in total. The molecule has 0 saturated heterocycles. The Balaban J connectivity index is 2.41. The Labute approximate surface area is 97.9 Å². The zero-order valence-electron chi connectivity index (χ0n) is 9.90. The van der Waals surface area contributed by atoms with Crippen molar-refractivity contribution in [2.45, 2.75) is 38.3 Å². The quantitative estimate of drug-likeness (QED) is 0.788. The summed E-state index contributed by atoms with van der Waals surface area (Å²) < 4.78 is 6.39. The van der Waals surface area contributed by atoms with Crippen molar-refractivity contribution in [1.82, 2.24) is 9.55 Å². The maximum atomic E-state index is 11.7. The summed E-state index contributed by atoms with van der Waals surface area (Å²) in [5.74, 6) is -0.208. The summed E-state index contributed by atoms with van der Waals surface area (Å²) in [4.78, 5) is 25.3. The van der Waals surface area contributed by atoms with Crippen molar-refractivity contribution in [1.29, 1.82) is 0 Å². The third kappa shape index (κ3) is 1.88. The molecular weight excluding hydrogens is 224 g/mol. The predicted molar refractivity (Wildman–Crippen MR) is 61.4 cm³/mol. The van der Waals surface area contributed by atoms with E-state index in [4.69, 9.17) is 4.74 Å². The van der Waals surface area contributed by atoms with E-state index >= 15 is 0 Å². The van der Waals surface area contributed by atoms with Gasteiger partial charge in [-0.15, -0.1) is 0 Å². The Kier molecular flexibility index (Phi) is 3.06. The molecular formula is C11H16N2O4. The van der Waals surface area contributed by atoms with Gasteiger partial charge in [-0.25, -0.2) is 4.79 Å². The molecule has 6 heteroatoms. The third-order valence-corrected chi connectivity index (χ3v) is 3.33. The smallest absolute Gasteiger partial charge is 0.331 e. The molecule has 0 aliphatic heterocycles. The Morgan fingerprint density at radius 3 is 2.65 bits per heavy atom. The Hall–Kier alpha value is -1.56. The number of ether oxygens (including phenoxy) is 1. The number of nitrogens with one attached hydrogen (secondary N) is 1. The topological polar surface area (TPSA) is 84.3 Å². The Bertz CT molecular complexity index is 525. The summed E-state index contributed by atoms with van der Waals surface area (Å²) in [6.07, 6.45) is 1.88. The fourth-order valence-corrected chi connectivity index (χ4v) is 2.17. The molecule has 1 aliphatic rings. The summed E-state index contributed by atoms with van der Waals surface area (Å²) in [5.41, 5.74) is -0.802. The van der Waals surface area contributed by atoms with E-state index in [0.29, 0.717) is 19.3 Å².